The van der Waals surface area contributed by atoms with Gasteiger partial charge in [0, 0.05) is 40.4 Å². The highest BCUT2D eigenvalue weighted by molar-refractivity contribution is 6.02. The highest BCUT2D eigenvalue weighted by Crippen LogP contribution is 2.45. The maximum atomic E-state index is 13.7. The summed E-state index contributed by atoms with van der Waals surface area (Å²) in [6.07, 6.45) is 4.42. The van der Waals surface area contributed by atoms with E-state index in [1.807, 2.05) is 24.4 Å². The topological polar surface area (TPSA) is 56.9 Å². The van der Waals surface area contributed by atoms with Crippen molar-refractivity contribution in [1.82, 2.24) is 4.98 Å². The minimum Gasteiger partial charge on any atom is -0.372 e. The van der Waals surface area contributed by atoms with Gasteiger partial charge in [-0.05, 0) is 48.1 Å². The number of rotatable bonds is 3. The van der Waals surface area contributed by atoms with Crippen molar-refractivity contribution < 1.29 is 4.79 Å². The molecule has 0 radical (unpaired) electrons. The fourth-order valence-electron chi connectivity index (χ4n) is 5.32. The first-order chi connectivity index (χ1) is 16.2. The second-order valence-corrected chi connectivity index (χ2v) is 9.05. The smallest absolute Gasteiger partial charge is 0.163 e. The summed E-state index contributed by atoms with van der Waals surface area (Å²) in [4.78, 5) is 17.1. The minimum absolute atomic E-state index is 0.184. The van der Waals surface area contributed by atoms with E-state index in [1.165, 1.54) is 11.1 Å². The summed E-state index contributed by atoms with van der Waals surface area (Å²) in [5.74, 6) is 0.396. The second kappa shape index (κ2) is 7.96. The molecule has 6 rings (SSSR count). The number of hydrogen-bond donors (Lipinski definition) is 3. The van der Waals surface area contributed by atoms with Crippen molar-refractivity contribution in [1.29, 1.82) is 0 Å². The van der Waals surface area contributed by atoms with Crippen molar-refractivity contribution in [3.05, 3.63) is 107 Å². The Morgan fingerprint density at radius 1 is 0.879 bits per heavy atom. The Kier molecular flexibility index (Phi) is 4.79. The van der Waals surface area contributed by atoms with Crippen molar-refractivity contribution >= 4 is 28.1 Å². The molecule has 4 aromatic rings. The quantitative estimate of drug-likeness (QED) is 0.336. The molecule has 1 aromatic heterocycles. The summed E-state index contributed by atoms with van der Waals surface area (Å²) in [5, 5.41) is 8.48. The van der Waals surface area contributed by atoms with Gasteiger partial charge in [-0.15, -0.1) is 0 Å². The highest BCUT2D eigenvalue weighted by Gasteiger charge is 2.36. The molecule has 0 saturated carbocycles. The van der Waals surface area contributed by atoms with Crippen molar-refractivity contribution in [3.63, 3.8) is 0 Å². The van der Waals surface area contributed by atoms with Crippen molar-refractivity contribution in [2.24, 2.45) is 0 Å². The summed E-state index contributed by atoms with van der Waals surface area (Å²) in [6, 6.07) is 25.1. The van der Waals surface area contributed by atoms with Crippen LogP contribution >= 0.6 is 0 Å². The van der Waals surface area contributed by atoms with Gasteiger partial charge < -0.3 is 15.6 Å². The van der Waals surface area contributed by atoms with Gasteiger partial charge in [0.2, 0.25) is 0 Å². The molecule has 2 aliphatic rings. The first kappa shape index (κ1) is 19.9. The van der Waals surface area contributed by atoms with Crippen LogP contribution < -0.4 is 10.6 Å². The van der Waals surface area contributed by atoms with Gasteiger partial charge >= 0.3 is 0 Å². The molecule has 0 bridgehead atoms. The number of aryl methyl sites for hydroxylation is 1. The highest BCUT2D eigenvalue weighted by atomic mass is 16.1. The van der Waals surface area contributed by atoms with E-state index in [-0.39, 0.29) is 17.7 Å². The fourth-order valence-corrected chi connectivity index (χ4v) is 5.32. The van der Waals surface area contributed by atoms with Crippen molar-refractivity contribution in [3.8, 4) is 0 Å². The normalized spacial score (nSPS) is 20.0. The van der Waals surface area contributed by atoms with E-state index < -0.39 is 0 Å². The van der Waals surface area contributed by atoms with E-state index in [0.717, 1.165) is 52.0 Å². The molecule has 3 N–H and O–H groups in total. The van der Waals surface area contributed by atoms with E-state index in [1.54, 1.807) is 0 Å². The predicted molar refractivity (Wildman–Crippen MR) is 135 cm³/mol. The number of Topliss-reactive ketones (excluding diaryl/α,β-unsaturated/α-hetero) is 1. The SMILES string of the molecule is CCc1ccc(C2CC(=O)C3=C(C2)Nc2ccccc2NC3c2c[nH]c3ccccc23)cc1. The number of nitrogens with one attached hydrogen (secondary N) is 3. The van der Waals surface area contributed by atoms with Crippen LogP contribution in [0.1, 0.15) is 48.4 Å². The van der Waals surface area contributed by atoms with Crippen LogP contribution in [0.2, 0.25) is 0 Å². The molecule has 2 heterocycles. The largest absolute Gasteiger partial charge is 0.372 e. The van der Waals surface area contributed by atoms with Gasteiger partial charge in [-0.3, -0.25) is 4.79 Å². The number of H-pyrrole nitrogens is 1. The van der Waals surface area contributed by atoms with Gasteiger partial charge in [0.15, 0.2) is 5.78 Å². The molecule has 2 atom stereocenters. The standard InChI is InChI=1S/C29H27N3O/c1-2-18-11-13-19(14-12-18)20-15-26-28(27(33)16-20)29(32-25-10-6-5-9-24(25)31-26)22-17-30-23-8-4-3-7-21(22)23/h3-14,17,20,29-32H,2,15-16H2,1H3. The van der Waals surface area contributed by atoms with Gasteiger partial charge in [-0.2, -0.15) is 0 Å². The van der Waals surface area contributed by atoms with Gasteiger partial charge in [-0.25, -0.2) is 0 Å². The van der Waals surface area contributed by atoms with Gasteiger partial charge in [0.05, 0.1) is 17.4 Å². The zero-order valence-electron chi connectivity index (χ0n) is 18.7. The summed E-state index contributed by atoms with van der Waals surface area (Å²) in [5.41, 5.74) is 8.67. The molecule has 0 amide bonds. The number of para-hydroxylation sites is 3. The number of aromatic amines is 1. The molecule has 0 fully saturated rings. The molecule has 0 spiro atoms. The number of allylic oxidation sites excluding steroid dienone is 1. The Bertz CT molecular complexity index is 1380. The molecule has 0 saturated heterocycles. The Balaban J connectivity index is 1.47. The van der Waals surface area contributed by atoms with Gasteiger partial charge in [0.25, 0.3) is 0 Å². The molecule has 4 nitrogen and oxygen atoms in total. The second-order valence-electron chi connectivity index (χ2n) is 9.05. The third-order valence-corrected chi connectivity index (χ3v) is 7.10. The van der Waals surface area contributed by atoms with Crippen molar-refractivity contribution in [2.75, 3.05) is 10.6 Å². The van der Waals surface area contributed by atoms with Crippen LogP contribution in [-0.2, 0) is 11.2 Å². The van der Waals surface area contributed by atoms with E-state index in [9.17, 15) is 4.79 Å². The van der Waals surface area contributed by atoms with E-state index in [4.69, 9.17) is 0 Å². The summed E-state index contributed by atoms with van der Waals surface area (Å²) in [6.45, 7) is 2.17. The number of aromatic nitrogens is 1. The third-order valence-electron chi connectivity index (χ3n) is 7.10. The van der Waals surface area contributed by atoms with E-state index >= 15 is 0 Å². The number of carbonyl (C=O) groups excluding carboxylic acids is 1. The lowest BCUT2D eigenvalue weighted by Gasteiger charge is -2.29. The number of fused-ring (bicyclic) bond motifs is 2. The van der Waals surface area contributed by atoms with Crippen LogP contribution in [-0.4, -0.2) is 10.8 Å². The van der Waals surface area contributed by atoms with Crippen LogP contribution in [0.25, 0.3) is 10.9 Å². The van der Waals surface area contributed by atoms with Crippen LogP contribution in [0.5, 0.6) is 0 Å². The first-order valence-corrected chi connectivity index (χ1v) is 11.7. The van der Waals surface area contributed by atoms with Gasteiger partial charge in [-0.1, -0.05) is 61.5 Å². The average Bonchev–Trinajstić information content (AvgIpc) is 3.20. The van der Waals surface area contributed by atoms with Crippen LogP contribution in [0.4, 0.5) is 11.4 Å². The Labute approximate surface area is 193 Å². The first-order valence-electron chi connectivity index (χ1n) is 11.7. The molecular formula is C29H27N3O. The lowest BCUT2D eigenvalue weighted by Crippen LogP contribution is -2.26. The fraction of sp³-hybridized carbons (Fsp3) is 0.207. The molecular weight excluding hydrogens is 406 g/mol. The van der Waals surface area contributed by atoms with Crippen LogP contribution in [0.3, 0.4) is 0 Å². The zero-order chi connectivity index (χ0) is 22.4. The summed E-state index contributed by atoms with van der Waals surface area (Å²) < 4.78 is 0. The number of ketones is 1. The monoisotopic (exact) mass is 433 g/mol. The third kappa shape index (κ3) is 3.43. The van der Waals surface area contributed by atoms with Crippen LogP contribution in [0.15, 0.2) is 90.3 Å². The lowest BCUT2D eigenvalue weighted by atomic mass is 9.78. The van der Waals surface area contributed by atoms with Crippen LogP contribution in [0, 0.1) is 0 Å². The van der Waals surface area contributed by atoms with E-state index in [2.05, 4.69) is 77.1 Å². The zero-order valence-corrected chi connectivity index (χ0v) is 18.7. The molecule has 4 heteroatoms. The Hall–Kier alpha value is -3.79. The number of hydrogen-bond acceptors (Lipinski definition) is 3. The molecule has 1 aliphatic heterocycles. The minimum atomic E-state index is -0.205. The molecule has 164 valence electrons. The van der Waals surface area contributed by atoms with E-state index in [0.29, 0.717) is 6.42 Å². The lowest BCUT2D eigenvalue weighted by molar-refractivity contribution is -0.116. The molecule has 2 unspecified atom stereocenters. The molecule has 1 aliphatic carbocycles. The number of carbonyl (C=O) groups is 1. The maximum Gasteiger partial charge on any atom is 0.163 e. The Morgan fingerprint density at radius 3 is 2.45 bits per heavy atom. The maximum absolute atomic E-state index is 13.7. The van der Waals surface area contributed by atoms with Crippen molar-refractivity contribution in [2.45, 2.75) is 38.1 Å². The number of anilines is 2. The summed E-state index contributed by atoms with van der Waals surface area (Å²) in [7, 11) is 0. The molecule has 3 aromatic carbocycles. The summed E-state index contributed by atoms with van der Waals surface area (Å²) >= 11 is 0. The predicted octanol–water partition coefficient (Wildman–Crippen LogP) is 6.71. The average molecular weight is 434 g/mol. The molecule has 33 heavy (non-hydrogen) atoms. The number of benzene rings is 3. The van der Waals surface area contributed by atoms with Gasteiger partial charge in [0.1, 0.15) is 0 Å². The Morgan fingerprint density at radius 2 is 1.64 bits per heavy atom.